The molecule has 4 rings (SSSR count). The van der Waals surface area contributed by atoms with Gasteiger partial charge in [0.25, 0.3) is 0 Å². The van der Waals surface area contributed by atoms with Crippen LogP contribution < -0.4 is 0 Å². The molecule has 2 heteroatoms. The average molecular weight is 242 g/mol. The highest BCUT2D eigenvalue weighted by molar-refractivity contribution is 5.70. The second-order valence-electron chi connectivity index (χ2n) is 5.44. The van der Waals surface area contributed by atoms with E-state index in [9.17, 15) is 0 Å². The molecule has 1 aliphatic heterocycles. The van der Waals surface area contributed by atoms with Crippen LogP contribution in [0.5, 0.6) is 0 Å². The lowest BCUT2D eigenvalue weighted by atomic mass is 9.93. The summed E-state index contributed by atoms with van der Waals surface area (Å²) in [5.74, 6) is 0.984. The predicted octanol–water partition coefficient (Wildman–Crippen LogP) is 3.01. The zero-order chi connectivity index (χ0) is 11.9. The summed E-state index contributed by atoms with van der Waals surface area (Å²) in [4.78, 5) is 0. The normalized spacial score (nSPS) is 20.8. The summed E-state index contributed by atoms with van der Waals surface area (Å²) < 4.78 is 11.3. The lowest BCUT2D eigenvalue weighted by Crippen LogP contribution is -2.11. The molecule has 2 nitrogen and oxygen atoms in total. The maximum Gasteiger partial charge on any atom is 0.161 e. The number of hydrogen-bond donors (Lipinski definition) is 0. The van der Waals surface area contributed by atoms with E-state index in [2.05, 4.69) is 6.07 Å². The molecule has 94 valence electrons. The van der Waals surface area contributed by atoms with E-state index in [-0.39, 0.29) is 0 Å². The van der Waals surface area contributed by atoms with E-state index in [4.69, 9.17) is 9.47 Å². The highest BCUT2D eigenvalue weighted by atomic mass is 16.6. The van der Waals surface area contributed by atoms with Gasteiger partial charge >= 0.3 is 0 Å². The molecule has 3 aliphatic rings. The molecule has 0 aromatic heterocycles. The number of hydrogen-bond acceptors (Lipinski definition) is 2. The fourth-order valence-corrected chi connectivity index (χ4v) is 3.61. The first kappa shape index (κ1) is 10.5. The van der Waals surface area contributed by atoms with Crippen molar-refractivity contribution < 1.29 is 9.47 Å². The minimum atomic E-state index is 0.681. The van der Waals surface area contributed by atoms with Crippen molar-refractivity contribution in [2.24, 2.45) is 0 Å². The molecule has 0 fully saturated rings. The van der Waals surface area contributed by atoms with Crippen LogP contribution in [0.3, 0.4) is 0 Å². The van der Waals surface area contributed by atoms with Gasteiger partial charge in [0.2, 0.25) is 0 Å². The highest BCUT2D eigenvalue weighted by Crippen LogP contribution is 2.39. The van der Waals surface area contributed by atoms with E-state index in [0.29, 0.717) is 13.2 Å². The van der Waals surface area contributed by atoms with Crippen molar-refractivity contribution in [3.8, 4) is 0 Å². The lowest BCUT2D eigenvalue weighted by molar-refractivity contribution is 0.125. The van der Waals surface area contributed by atoms with Crippen molar-refractivity contribution in [2.75, 3.05) is 13.2 Å². The molecule has 18 heavy (non-hydrogen) atoms. The van der Waals surface area contributed by atoms with Crippen molar-refractivity contribution in [1.82, 2.24) is 0 Å². The maximum absolute atomic E-state index is 5.85. The van der Waals surface area contributed by atoms with Crippen LogP contribution in [0.25, 0.3) is 5.76 Å². The highest BCUT2D eigenvalue weighted by Gasteiger charge is 2.27. The molecule has 0 bridgehead atoms. The smallest absolute Gasteiger partial charge is 0.161 e. The van der Waals surface area contributed by atoms with Crippen LogP contribution in [-0.4, -0.2) is 13.2 Å². The predicted molar refractivity (Wildman–Crippen MR) is 70.4 cm³/mol. The number of rotatable bonds is 1. The van der Waals surface area contributed by atoms with Crippen LogP contribution in [0.2, 0.25) is 0 Å². The molecule has 0 spiro atoms. The Morgan fingerprint density at radius 2 is 1.56 bits per heavy atom. The van der Waals surface area contributed by atoms with Crippen LogP contribution in [0.15, 0.2) is 12.3 Å². The van der Waals surface area contributed by atoms with Gasteiger partial charge in [-0.3, -0.25) is 0 Å². The Kier molecular flexibility index (Phi) is 2.35. The summed E-state index contributed by atoms with van der Waals surface area (Å²) in [6.45, 7) is 1.37. The summed E-state index contributed by atoms with van der Waals surface area (Å²) >= 11 is 0. The van der Waals surface area contributed by atoms with E-state index >= 15 is 0 Å². The monoisotopic (exact) mass is 242 g/mol. The third-order valence-corrected chi connectivity index (χ3v) is 4.37. The van der Waals surface area contributed by atoms with Crippen molar-refractivity contribution in [3.63, 3.8) is 0 Å². The number of fused-ring (bicyclic) bond motifs is 2. The van der Waals surface area contributed by atoms with Gasteiger partial charge in [-0.2, -0.15) is 0 Å². The molecule has 0 saturated carbocycles. The first-order valence-electron chi connectivity index (χ1n) is 7.05. The van der Waals surface area contributed by atoms with Crippen molar-refractivity contribution in [2.45, 2.75) is 38.5 Å². The zero-order valence-corrected chi connectivity index (χ0v) is 10.6. The van der Waals surface area contributed by atoms with Crippen LogP contribution in [0.1, 0.15) is 40.7 Å². The minimum absolute atomic E-state index is 0.681. The van der Waals surface area contributed by atoms with Gasteiger partial charge in [0.1, 0.15) is 19.5 Å². The van der Waals surface area contributed by atoms with Crippen LogP contribution in [0, 0.1) is 0 Å². The molecule has 1 aromatic carbocycles. The first-order valence-corrected chi connectivity index (χ1v) is 7.05. The molecule has 0 N–H and O–H groups in total. The second-order valence-corrected chi connectivity index (χ2v) is 5.44. The zero-order valence-electron chi connectivity index (χ0n) is 10.6. The molecular weight excluding hydrogens is 224 g/mol. The Labute approximate surface area is 108 Å². The maximum atomic E-state index is 5.85. The summed E-state index contributed by atoms with van der Waals surface area (Å²) in [6.07, 6.45) is 9.31. The Morgan fingerprint density at radius 1 is 0.833 bits per heavy atom. The fourth-order valence-electron chi connectivity index (χ4n) is 3.61. The number of ether oxygens (including phenoxy) is 2. The molecule has 0 amide bonds. The van der Waals surface area contributed by atoms with E-state index < -0.39 is 0 Å². The fraction of sp³-hybridized carbons (Fsp3) is 0.500. The Bertz CT molecular complexity index is 496. The summed E-state index contributed by atoms with van der Waals surface area (Å²) in [7, 11) is 0. The van der Waals surface area contributed by atoms with Gasteiger partial charge < -0.3 is 9.47 Å². The Hall–Kier alpha value is -1.44. The van der Waals surface area contributed by atoms with Crippen LogP contribution in [-0.2, 0) is 35.2 Å². The second kappa shape index (κ2) is 4.04. The standard InChI is InChI=1S/C16H18O2/c1-3-11-9-12-4-2-6-14(12)16(13(11)5-1)15-10-17-7-8-18-15/h9-10H,1-8H2. The lowest BCUT2D eigenvalue weighted by Gasteiger charge is -2.21. The Balaban J connectivity index is 1.92. The van der Waals surface area contributed by atoms with Gasteiger partial charge in [-0.05, 0) is 60.8 Å². The molecule has 0 atom stereocenters. The molecule has 0 unspecified atom stereocenters. The molecular formula is C16H18O2. The largest absolute Gasteiger partial charge is 0.494 e. The summed E-state index contributed by atoms with van der Waals surface area (Å²) in [5, 5.41) is 0. The van der Waals surface area contributed by atoms with Gasteiger partial charge in [-0.15, -0.1) is 0 Å². The van der Waals surface area contributed by atoms with E-state index in [1.165, 1.54) is 55.2 Å². The van der Waals surface area contributed by atoms with E-state index in [1.54, 1.807) is 11.1 Å². The third kappa shape index (κ3) is 1.48. The van der Waals surface area contributed by atoms with E-state index in [0.717, 1.165) is 5.76 Å². The first-order chi connectivity index (χ1) is 8.93. The van der Waals surface area contributed by atoms with Crippen molar-refractivity contribution in [1.29, 1.82) is 0 Å². The van der Waals surface area contributed by atoms with Crippen LogP contribution >= 0.6 is 0 Å². The SMILES string of the molecule is C1=C(c2c3c(cc4c2CCC4)CCC3)OCCO1. The molecule has 0 saturated heterocycles. The van der Waals surface area contributed by atoms with Gasteiger partial charge in [-0.25, -0.2) is 0 Å². The third-order valence-electron chi connectivity index (χ3n) is 4.37. The van der Waals surface area contributed by atoms with Crippen molar-refractivity contribution in [3.05, 3.63) is 40.1 Å². The molecule has 1 heterocycles. The average Bonchev–Trinajstić information content (AvgIpc) is 3.04. The van der Waals surface area contributed by atoms with Gasteiger partial charge in [0.05, 0.1) is 0 Å². The minimum Gasteiger partial charge on any atom is -0.494 e. The summed E-state index contributed by atoms with van der Waals surface area (Å²) in [5.41, 5.74) is 7.57. The Morgan fingerprint density at radius 3 is 2.17 bits per heavy atom. The van der Waals surface area contributed by atoms with E-state index in [1.807, 2.05) is 6.26 Å². The van der Waals surface area contributed by atoms with Gasteiger partial charge in [-0.1, -0.05) is 6.07 Å². The number of benzene rings is 1. The van der Waals surface area contributed by atoms with Gasteiger partial charge in [0, 0.05) is 5.56 Å². The summed E-state index contributed by atoms with van der Waals surface area (Å²) in [6, 6.07) is 2.46. The molecule has 1 aromatic rings. The van der Waals surface area contributed by atoms with Crippen LogP contribution in [0.4, 0.5) is 0 Å². The topological polar surface area (TPSA) is 18.5 Å². The van der Waals surface area contributed by atoms with Gasteiger partial charge in [0.15, 0.2) is 5.76 Å². The molecule has 0 radical (unpaired) electrons. The quantitative estimate of drug-likeness (QED) is 0.753. The molecule has 2 aliphatic carbocycles. The van der Waals surface area contributed by atoms with Crippen molar-refractivity contribution >= 4 is 5.76 Å². The number of aryl methyl sites for hydroxylation is 2.